The van der Waals surface area contributed by atoms with Crippen molar-refractivity contribution in [3.8, 4) is 16.3 Å². The van der Waals surface area contributed by atoms with Crippen LogP contribution in [0.4, 0.5) is 5.69 Å². The Morgan fingerprint density at radius 3 is 2.09 bits per heavy atom. The first-order valence-electron chi connectivity index (χ1n) is 10.3. The van der Waals surface area contributed by atoms with E-state index in [4.69, 9.17) is 0 Å². The van der Waals surface area contributed by atoms with Gasteiger partial charge in [0.25, 0.3) is 0 Å². The Morgan fingerprint density at radius 1 is 0.812 bits per heavy atom. The summed E-state index contributed by atoms with van der Waals surface area (Å²) in [6.07, 6.45) is 0. The summed E-state index contributed by atoms with van der Waals surface area (Å²) in [5.74, 6) is -0.454. The van der Waals surface area contributed by atoms with Crippen LogP contribution in [0.2, 0.25) is 0 Å². The first kappa shape index (κ1) is 20.0. The van der Waals surface area contributed by atoms with Crippen molar-refractivity contribution in [3.05, 3.63) is 114 Å². The molecule has 1 amide bonds. The van der Waals surface area contributed by atoms with Crippen LogP contribution in [0.1, 0.15) is 17.0 Å². The molecule has 5 heteroatoms. The summed E-state index contributed by atoms with van der Waals surface area (Å²) in [6.45, 7) is 0. The van der Waals surface area contributed by atoms with Gasteiger partial charge in [-0.25, -0.2) is 4.98 Å². The van der Waals surface area contributed by atoms with Crippen LogP contribution in [-0.4, -0.2) is 16.0 Å². The number of carbonyl (C=O) groups excluding carboxylic acids is 1. The zero-order chi connectivity index (χ0) is 21.9. The van der Waals surface area contributed by atoms with E-state index < -0.39 is 5.92 Å². The van der Waals surface area contributed by atoms with Gasteiger partial charge in [-0.15, -0.1) is 11.3 Å². The monoisotopic (exact) mass is 436 g/mol. The van der Waals surface area contributed by atoms with Crippen LogP contribution in [0.3, 0.4) is 0 Å². The molecule has 0 saturated heterocycles. The second-order valence-corrected chi connectivity index (χ2v) is 8.49. The number of amides is 1. The average Bonchev–Trinajstić information content (AvgIpc) is 3.26. The van der Waals surface area contributed by atoms with Gasteiger partial charge in [0.2, 0.25) is 5.91 Å². The van der Waals surface area contributed by atoms with Crippen molar-refractivity contribution < 1.29 is 9.90 Å². The summed E-state index contributed by atoms with van der Waals surface area (Å²) >= 11 is 1.51. The minimum absolute atomic E-state index is 0.129. The SMILES string of the molecule is O=C(Nc1ccc(O)c(-c2nc3ccccc3s2)c1)C(c1ccccc1)c1ccccc1. The first-order valence-corrected chi connectivity index (χ1v) is 11.1. The van der Waals surface area contributed by atoms with Gasteiger partial charge in [-0.05, 0) is 41.5 Å². The molecule has 5 aromatic rings. The zero-order valence-electron chi connectivity index (χ0n) is 17.1. The van der Waals surface area contributed by atoms with Gasteiger partial charge < -0.3 is 10.4 Å². The lowest BCUT2D eigenvalue weighted by molar-refractivity contribution is -0.116. The van der Waals surface area contributed by atoms with Crippen molar-refractivity contribution in [2.75, 3.05) is 5.32 Å². The highest BCUT2D eigenvalue weighted by Crippen LogP contribution is 2.37. The largest absolute Gasteiger partial charge is 0.507 e. The van der Waals surface area contributed by atoms with Crippen molar-refractivity contribution in [2.24, 2.45) is 0 Å². The fourth-order valence-electron chi connectivity index (χ4n) is 3.77. The average molecular weight is 437 g/mol. The standard InChI is InChI=1S/C27H20N2O2S/c30-23-16-15-20(17-21(23)27-29-22-13-7-8-14-24(22)32-27)28-26(31)25(18-9-3-1-4-10-18)19-11-5-2-6-12-19/h1-17,25,30H,(H,28,31). The lowest BCUT2D eigenvalue weighted by atomic mass is 9.90. The molecule has 4 aromatic carbocycles. The van der Waals surface area contributed by atoms with Crippen LogP contribution in [-0.2, 0) is 4.79 Å². The summed E-state index contributed by atoms with van der Waals surface area (Å²) in [4.78, 5) is 18.0. The third-order valence-electron chi connectivity index (χ3n) is 5.32. The molecule has 32 heavy (non-hydrogen) atoms. The van der Waals surface area contributed by atoms with Crippen LogP contribution in [0.15, 0.2) is 103 Å². The molecule has 0 fully saturated rings. The fraction of sp³-hybridized carbons (Fsp3) is 0.0370. The normalized spacial score (nSPS) is 11.0. The molecule has 0 radical (unpaired) electrons. The molecule has 0 unspecified atom stereocenters. The number of phenols is 1. The second-order valence-electron chi connectivity index (χ2n) is 7.46. The smallest absolute Gasteiger partial charge is 0.236 e. The molecule has 0 aliphatic carbocycles. The second kappa shape index (κ2) is 8.65. The van der Waals surface area contributed by atoms with E-state index in [1.165, 1.54) is 11.3 Å². The van der Waals surface area contributed by atoms with Crippen LogP contribution in [0.25, 0.3) is 20.8 Å². The Bertz CT molecular complexity index is 1310. The number of rotatable bonds is 5. The predicted molar refractivity (Wildman–Crippen MR) is 130 cm³/mol. The number of carbonyl (C=O) groups is 1. The Balaban J connectivity index is 1.48. The summed E-state index contributed by atoms with van der Waals surface area (Å²) < 4.78 is 1.05. The van der Waals surface area contributed by atoms with Gasteiger partial charge in [0.1, 0.15) is 10.8 Å². The van der Waals surface area contributed by atoms with Crippen LogP contribution in [0, 0.1) is 0 Å². The summed E-state index contributed by atoms with van der Waals surface area (Å²) in [7, 11) is 0. The minimum atomic E-state index is -0.447. The van der Waals surface area contributed by atoms with E-state index in [-0.39, 0.29) is 11.7 Å². The number of hydrogen-bond donors (Lipinski definition) is 2. The Labute approximate surface area is 189 Å². The molecule has 156 valence electrons. The summed E-state index contributed by atoms with van der Waals surface area (Å²) in [6, 6.07) is 32.4. The molecule has 0 spiro atoms. The number of para-hydroxylation sites is 1. The quantitative estimate of drug-likeness (QED) is 0.312. The number of hydrogen-bond acceptors (Lipinski definition) is 4. The van der Waals surface area contributed by atoms with Gasteiger partial charge in [0.15, 0.2) is 0 Å². The molecule has 1 aromatic heterocycles. The van der Waals surface area contributed by atoms with Crippen molar-refractivity contribution in [2.45, 2.75) is 5.92 Å². The number of nitrogens with one attached hydrogen (secondary N) is 1. The van der Waals surface area contributed by atoms with Crippen LogP contribution in [0.5, 0.6) is 5.75 Å². The third kappa shape index (κ3) is 3.98. The molecular formula is C27H20N2O2S. The number of nitrogens with zero attached hydrogens (tertiary/aromatic N) is 1. The van der Waals surface area contributed by atoms with Gasteiger partial charge in [0, 0.05) is 5.69 Å². The topological polar surface area (TPSA) is 62.2 Å². The van der Waals surface area contributed by atoms with Crippen molar-refractivity contribution in [1.29, 1.82) is 0 Å². The highest BCUT2D eigenvalue weighted by molar-refractivity contribution is 7.21. The number of phenolic OH excluding ortho intramolecular Hbond substituents is 1. The van der Waals surface area contributed by atoms with Crippen molar-refractivity contribution >= 4 is 33.1 Å². The van der Waals surface area contributed by atoms with Gasteiger partial charge >= 0.3 is 0 Å². The Morgan fingerprint density at radius 2 is 1.44 bits per heavy atom. The summed E-state index contributed by atoms with van der Waals surface area (Å²) in [5.41, 5.74) is 3.93. The number of thiazole rings is 1. The molecule has 0 aliphatic rings. The Kier molecular flexibility index (Phi) is 5.40. The van der Waals surface area contributed by atoms with E-state index in [1.807, 2.05) is 84.9 Å². The van der Waals surface area contributed by atoms with E-state index in [2.05, 4.69) is 10.3 Å². The minimum Gasteiger partial charge on any atom is -0.507 e. The van der Waals surface area contributed by atoms with E-state index in [1.54, 1.807) is 18.2 Å². The van der Waals surface area contributed by atoms with E-state index in [0.717, 1.165) is 21.3 Å². The maximum Gasteiger partial charge on any atom is 0.236 e. The molecule has 0 atom stereocenters. The lowest BCUT2D eigenvalue weighted by Gasteiger charge is -2.18. The maximum absolute atomic E-state index is 13.4. The van der Waals surface area contributed by atoms with Crippen LogP contribution >= 0.6 is 11.3 Å². The highest BCUT2D eigenvalue weighted by atomic mass is 32.1. The molecular weight excluding hydrogens is 416 g/mol. The first-order chi connectivity index (χ1) is 15.7. The number of benzene rings is 4. The Hall–Kier alpha value is -3.96. The van der Waals surface area contributed by atoms with Crippen LogP contribution < -0.4 is 5.32 Å². The molecule has 0 saturated carbocycles. The summed E-state index contributed by atoms with van der Waals surface area (Å²) in [5, 5.41) is 14.2. The van der Waals surface area contributed by atoms with Crippen molar-refractivity contribution in [3.63, 3.8) is 0 Å². The molecule has 4 nitrogen and oxygen atoms in total. The highest BCUT2D eigenvalue weighted by Gasteiger charge is 2.23. The molecule has 2 N–H and O–H groups in total. The van der Waals surface area contributed by atoms with Gasteiger partial charge in [-0.2, -0.15) is 0 Å². The fourth-order valence-corrected chi connectivity index (χ4v) is 4.76. The van der Waals surface area contributed by atoms with Gasteiger partial charge in [-0.3, -0.25) is 4.79 Å². The lowest BCUT2D eigenvalue weighted by Crippen LogP contribution is -2.22. The number of anilines is 1. The number of aromatic hydroxyl groups is 1. The third-order valence-corrected chi connectivity index (χ3v) is 6.39. The molecule has 1 heterocycles. The number of fused-ring (bicyclic) bond motifs is 1. The molecule has 0 aliphatic heterocycles. The maximum atomic E-state index is 13.4. The van der Waals surface area contributed by atoms with E-state index >= 15 is 0 Å². The predicted octanol–water partition coefficient (Wildman–Crippen LogP) is 6.44. The van der Waals surface area contributed by atoms with E-state index in [0.29, 0.717) is 16.3 Å². The van der Waals surface area contributed by atoms with E-state index in [9.17, 15) is 9.90 Å². The van der Waals surface area contributed by atoms with Crippen molar-refractivity contribution in [1.82, 2.24) is 4.98 Å². The zero-order valence-corrected chi connectivity index (χ0v) is 17.9. The molecule has 5 rings (SSSR count). The van der Waals surface area contributed by atoms with Gasteiger partial charge in [0.05, 0.1) is 21.7 Å². The molecule has 0 bridgehead atoms. The number of aromatic nitrogens is 1. The van der Waals surface area contributed by atoms with Gasteiger partial charge in [-0.1, -0.05) is 72.8 Å².